The third kappa shape index (κ3) is 2.96. The molecule has 5 rings (SSSR count). The summed E-state index contributed by atoms with van der Waals surface area (Å²) in [7, 11) is 0. The van der Waals surface area contributed by atoms with Gasteiger partial charge >= 0.3 is 0 Å². The van der Waals surface area contributed by atoms with E-state index in [9.17, 15) is 0 Å². The zero-order valence-electron chi connectivity index (χ0n) is 16.0. The predicted molar refractivity (Wildman–Crippen MR) is 118 cm³/mol. The zero-order chi connectivity index (χ0) is 19.1. The van der Waals surface area contributed by atoms with Crippen molar-refractivity contribution in [2.45, 2.75) is 39.0 Å². The maximum Gasteiger partial charge on any atom is 0.164 e. The number of nitrogens with zero attached hydrogens (tertiary/aromatic N) is 3. The topological polar surface area (TPSA) is 30.7 Å². The van der Waals surface area contributed by atoms with Gasteiger partial charge in [0.15, 0.2) is 5.65 Å². The quantitative estimate of drug-likeness (QED) is 0.342. The molecule has 2 aromatic carbocycles. The summed E-state index contributed by atoms with van der Waals surface area (Å²) in [5.41, 5.74) is 8.29. The first-order valence-electron chi connectivity index (χ1n) is 9.95. The minimum atomic E-state index is 0.974. The van der Waals surface area contributed by atoms with Crippen LogP contribution in [0.4, 0.5) is 0 Å². The van der Waals surface area contributed by atoms with Crippen molar-refractivity contribution in [3.63, 3.8) is 0 Å². The van der Waals surface area contributed by atoms with Gasteiger partial charge in [0.1, 0.15) is 0 Å². The Bertz CT molecular complexity index is 1140. The lowest BCUT2D eigenvalue weighted by molar-refractivity contribution is 0.712. The highest BCUT2D eigenvalue weighted by atomic mass is 79.9. The van der Waals surface area contributed by atoms with Crippen LogP contribution in [0.15, 0.2) is 59.1 Å². The van der Waals surface area contributed by atoms with E-state index < -0.39 is 0 Å². The summed E-state index contributed by atoms with van der Waals surface area (Å²) in [4.78, 5) is 5.21. The molecule has 0 saturated carbocycles. The Morgan fingerprint density at radius 1 is 0.857 bits per heavy atom. The first-order valence-corrected chi connectivity index (χ1v) is 10.7. The molecule has 0 fully saturated rings. The molecule has 1 aliphatic carbocycles. The molecule has 1 aliphatic rings. The minimum absolute atomic E-state index is 0.974. The van der Waals surface area contributed by atoms with E-state index in [2.05, 4.69) is 71.4 Å². The van der Waals surface area contributed by atoms with Gasteiger partial charge in [0.2, 0.25) is 0 Å². The second kappa shape index (κ2) is 7.17. The molecular formula is C24H22BrN3. The summed E-state index contributed by atoms with van der Waals surface area (Å²) in [6.45, 7) is 2.12. The number of fused-ring (bicyclic) bond motifs is 3. The third-order valence-electron chi connectivity index (χ3n) is 5.68. The Balaban J connectivity index is 1.84. The molecule has 0 amide bonds. The molecule has 3 nitrogen and oxygen atoms in total. The van der Waals surface area contributed by atoms with E-state index in [1.54, 1.807) is 0 Å². The lowest BCUT2D eigenvalue weighted by atomic mass is 9.94. The van der Waals surface area contributed by atoms with Gasteiger partial charge in [-0.05, 0) is 68.0 Å². The SMILES string of the molecule is Cc1nn(-c2ccccc2)c2nc(-c3ccc(Br)cc3)c3c(c12)CCCCC3. The highest BCUT2D eigenvalue weighted by Crippen LogP contribution is 2.36. The molecule has 0 aliphatic heterocycles. The van der Waals surface area contributed by atoms with Crippen LogP contribution in [-0.4, -0.2) is 14.8 Å². The van der Waals surface area contributed by atoms with E-state index in [-0.39, 0.29) is 0 Å². The smallest absolute Gasteiger partial charge is 0.164 e. The summed E-state index contributed by atoms with van der Waals surface area (Å²) in [5, 5.41) is 6.15. The predicted octanol–water partition coefficient (Wildman–Crippen LogP) is 6.43. The fraction of sp³-hybridized carbons (Fsp3) is 0.250. The molecule has 2 aromatic heterocycles. The molecule has 28 heavy (non-hydrogen) atoms. The Labute approximate surface area is 173 Å². The van der Waals surface area contributed by atoms with Crippen molar-refractivity contribution in [1.29, 1.82) is 0 Å². The Morgan fingerprint density at radius 3 is 2.32 bits per heavy atom. The van der Waals surface area contributed by atoms with Gasteiger partial charge in [-0.3, -0.25) is 0 Å². The monoisotopic (exact) mass is 431 g/mol. The van der Waals surface area contributed by atoms with Gasteiger partial charge in [-0.15, -0.1) is 0 Å². The lowest BCUT2D eigenvalue weighted by Gasteiger charge is -2.15. The number of pyridine rings is 1. The molecule has 0 unspecified atom stereocenters. The van der Waals surface area contributed by atoms with Crippen molar-refractivity contribution < 1.29 is 0 Å². The van der Waals surface area contributed by atoms with Crippen LogP contribution >= 0.6 is 15.9 Å². The van der Waals surface area contributed by atoms with Crippen molar-refractivity contribution in [2.24, 2.45) is 0 Å². The molecule has 0 atom stereocenters. The molecule has 0 spiro atoms. The summed E-state index contributed by atoms with van der Waals surface area (Å²) in [6, 6.07) is 18.9. The highest BCUT2D eigenvalue weighted by molar-refractivity contribution is 9.10. The lowest BCUT2D eigenvalue weighted by Crippen LogP contribution is -2.03. The zero-order valence-corrected chi connectivity index (χ0v) is 17.5. The number of halogens is 1. The van der Waals surface area contributed by atoms with Gasteiger partial charge in [0.25, 0.3) is 0 Å². The average Bonchev–Trinajstić information content (AvgIpc) is 2.89. The molecule has 4 aromatic rings. The maximum absolute atomic E-state index is 5.21. The van der Waals surface area contributed by atoms with Crippen LogP contribution in [0.2, 0.25) is 0 Å². The fourth-order valence-electron chi connectivity index (χ4n) is 4.36. The van der Waals surface area contributed by atoms with E-state index in [4.69, 9.17) is 10.1 Å². The summed E-state index contributed by atoms with van der Waals surface area (Å²) < 4.78 is 3.10. The number of rotatable bonds is 2. The fourth-order valence-corrected chi connectivity index (χ4v) is 4.62. The third-order valence-corrected chi connectivity index (χ3v) is 6.21. The molecular weight excluding hydrogens is 410 g/mol. The van der Waals surface area contributed by atoms with Gasteiger partial charge in [-0.1, -0.05) is 52.7 Å². The number of hydrogen-bond acceptors (Lipinski definition) is 2. The normalized spacial score (nSPS) is 14.1. The van der Waals surface area contributed by atoms with Crippen molar-refractivity contribution in [3.8, 4) is 16.9 Å². The summed E-state index contributed by atoms with van der Waals surface area (Å²) in [5.74, 6) is 0. The van der Waals surface area contributed by atoms with Gasteiger partial charge in [0, 0.05) is 15.4 Å². The Morgan fingerprint density at radius 2 is 1.57 bits per heavy atom. The summed E-state index contributed by atoms with van der Waals surface area (Å²) >= 11 is 3.56. The van der Waals surface area contributed by atoms with Gasteiger partial charge in [-0.25, -0.2) is 9.67 Å². The van der Waals surface area contributed by atoms with Gasteiger partial charge in [-0.2, -0.15) is 5.10 Å². The van der Waals surface area contributed by atoms with Crippen LogP contribution in [0, 0.1) is 6.92 Å². The second-order valence-electron chi connectivity index (χ2n) is 7.52. The molecule has 0 bridgehead atoms. The average molecular weight is 432 g/mol. The standard InChI is InChI=1S/C24H22BrN3/c1-16-22-20-10-6-3-7-11-21(20)23(17-12-14-18(25)15-13-17)26-24(22)28(27-16)19-8-4-2-5-9-19/h2,4-5,8-9,12-15H,3,6-7,10-11H2,1H3. The van der Waals surface area contributed by atoms with E-state index in [0.29, 0.717) is 0 Å². The Hall–Kier alpha value is -2.46. The summed E-state index contributed by atoms with van der Waals surface area (Å²) in [6.07, 6.45) is 5.96. The van der Waals surface area contributed by atoms with Crippen molar-refractivity contribution in [3.05, 3.63) is 75.9 Å². The van der Waals surface area contributed by atoms with Crippen LogP contribution in [0.3, 0.4) is 0 Å². The number of aryl methyl sites for hydroxylation is 2. The minimum Gasteiger partial charge on any atom is -0.228 e. The first kappa shape index (κ1) is 17.6. The van der Waals surface area contributed by atoms with E-state index in [1.165, 1.54) is 41.3 Å². The second-order valence-corrected chi connectivity index (χ2v) is 8.43. The van der Waals surface area contributed by atoms with Gasteiger partial charge in [0.05, 0.1) is 17.1 Å². The molecule has 2 heterocycles. The van der Waals surface area contributed by atoms with Gasteiger partial charge < -0.3 is 0 Å². The first-order chi connectivity index (χ1) is 13.7. The van der Waals surface area contributed by atoms with E-state index in [1.807, 2.05) is 10.7 Å². The highest BCUT2D eigenvalue weighted by Gasteiger charge is 2.23. The van der Waals surface area contributed by atoms with E-state index >= 15 is 0 Å². The number of para-hydroxylation sites is 1. The van der Waals surface area contributed by atoms with Crippen molar-refractivity contribution >= 4 is 27.0 Å². The van der Waals surface area contributed by atoms with E-state index in [0.717, 1.165) is 40.0 Å². The van der Waals surface area contributed by atoms with Crippen LogP contribution in [0.1, 0.15) is 36.1 Å². The molecule has 140 valence electrons. The van der Waals surface area contributed by atoms with Crippen LogP contribution in [0.25, 0.3) is 28.0 Å². The molecule has 0 saturated heterocycles. The Kier molecular flexibility index (Phi) is 4.52. The van der Waals surface area contributed by atoms with Crippen molar-refractivity contribution in [1.82, 2.24) is 14.8 Å². The number of aromatic nitrogens is 3. The molecule has 4 heteroatoms. The van der Waals surface area contributed by atoms with Crippen LogP contribution in [0.5, 0.6) is 0 Å². The van der Waals surface area contributed by atoms with Crippen LogP contribution in [-0.2, 0) is 12.8 Å². The number of benzene rings is 2. The molecule has 0 radical (unpaired) electrons. The van der Waals surface area contributed by atoms with Crippen LogP contribution < -0.4 is 0 Å². The number of hydrogen-bond donors (Lipinski definition) is 0. The molecule has 0 N–H and O–H groups in total. The maximum atomic E-state index is 5.21. The van der Waals surface area contributed by atoms with Crippen molar-refractivity contribution in [2.75, 3.05) is 0 Å². The largest absolute Gasteiger partial charge is 0.228 e.